The maximum Gasteiger partial charge on any atom is 0.407 e. The van der Waals surface area contributed by atoms with Crippen molar-refractivity contribution in [3.05, 3.63) is 35.6 Å². The van der Waals surface area contributed by atoms with E-state index < -0.39 is 5.60 Å². The minimum absolute atomic E-state index is 0.181. The van der Waals surface area contributed by atoms with E-state index >= 15 is 0 Å². The number of nitrogens with one attached hydrogen (secondary N) is 1. The predicted molar refractivity (Wildman–Crippen MR) is 92.4 cm³/mol. The number of ether oxygens (including phenoxy) is 1. The minimum Gasteiger partial charge on any atom is -0.444 e. The van der Waals surface area contributed by atoms with Gasteiger partial charge in [-0.2, -0.15) is 0 Å². The number of carbonyl (C=O) groups excluding carboxylic acids is 1. The van der Waals surface area contributed by atoms with Gasteiger partial charge >= 0.3 is 6.09 Å². The molecule has 1 aliphatic heterocycles. The molecule has 134 valence electrons. The summed E-state index contributed by atoms with van der Waals surface area (Å²) in [5.74, 6) is -0.181. The summed E-state index contributed by atoms with van der Waals surface area (Å²) < 4.78 is 18.4. The van der Waals surface area contributed by atoms with Gasteiger partial charge in [-0.05, 0) is 38.5 Å². The number of benzene rings is 1. The molecule has 0 aromatic heterocycles. The quantitative estimate of drug-likeness (QED) is 0.896. The first-order chi connectivity index (χ1) is 11.3. The van der Waals surface area contributed by atoms with E-state index in [-0.39, 0.29) is 11.9 Å². The summed E-state index contributed by atoms with van der Waals surface area (Å²) in [6, 6.07) is 6.78. The van der Waals surface area contributed by atoms with E-state index in [1.54, 1.807) is 12.1 Å². The molecule has 5 nitrogen and oxygen atoms in total. The standard InChI is InChI=1S/C18H28FN3O2/c1-18(2,3)24-17(23)20-7-8-21-9-11-22(12-10-21)14-15-5-4-6-16(19)13-15/h4-6,13H,7-12,14H2,1-3H3,(H,20,23). The van der Waals surface area contributed by atoms with Gasteiger partial charge in [-0.3, -0.25) is 9.80 Å². The van der Waals surface area contributed by atoms with E-state index in [1.165, 1.54) is 6.07 Å². The number of carbonyl (C=O) groups is 1. The molecule has 6 heteroatoms. The molecule has 1 aromatic carbocycles. The molecule has 1 fully saturated rings. The first kappa shape index (κ1) is 18.7. The van der Waals surface area contributed by atoms with Crippen molar-refractivity contribution < 1.29 is 13.9 Å². The van der Waals surface area contributed by atoms with E-state index in [0.29, 0.717) is 6.54 Å². The molecule has 1 heterocycles. The summed E-state index contributed by atoms with van der Waals surface area (Å²) in [6.07, 6.45) is -0.368. The molecule has 1 N–H and O–H groups in total. The SMILES string of the molecule is CC(C)(C)OC(=O)NCCN1CCN(Cc2cccc(F)c2)CC1. The van der Waals surface area contributed by atoms with Gasteiger partial charge in [-0.1, -0.05) is 12.1 Å². The van der Waals surface area contributed by atoms with Gasteiger partial charge in [0.15, 0.2) is 0 Å². The summed E-state index contributed by atoms with van der Waals surface area (Å²) in [4.78, 5) is 16.2. The van der Waals surface area contributed by atoms with Crippen molar-refractivity contribution in [3.8, 4) is 0 Å². The van der Waals surface area contributed by atoms with Crippen LogP contribution < -0.4 is 5.32 Å². The molecule has 0 aliphatic carbocycles. The fraction of sp³-hybridized carbons (Fsp3) is 0.611. The molecule has 1 saturated heterocycles. The highest BCUT2D eigenvalue weighted by Gasteiger charge is 2.18. The van der Waals surface area contributed by atoms with Gasteiger partial charge in [0.1, 0.15) is 11.4 Å². The Morgan fingerprint density at radius 3 is 2.50 bits per heavy atom. The molecule has 0 spiro atoms. The van der Waals surface area contributed by atoms with Crippen molar-refractivity contribution in [3.63, 3.8) is 0 Å². The van der Waals surface area contributed by atoms with E-state index in [2.05, 4.69) is 15.1 Å². The zero-order valence-electron chi connectivity index (χ0n) is 14.8. The Bertz CT molecular complexity index is 537. The maximum absolute atomic E-state index is 13.2. The number of rotatable bonds is 5. The minimum atomic E-state index is -0.466. The molecular formula is C18H28FN3O2. The smallest absolute Gasteiger partial charge is 0.407 e. The Morgan fingerprint density at radius 2 is 1.88 bits per heavy atom. The van der Waals surface area contributed by atoms with Crippen molar-refractivity contribution >= 4 is 6.09 Å². The van der Waals surface area contributed by atoms with Crippen LogP contribution in [0.5, 0.6) is 0 Å². The Kier molecular flexibility index (Phi) is 6.57. The van der Waals surface area contributed by atoms with Crippen LogP contribution in [0.1, 0.15) is 26.3 Å². The fourth-order valence-electron chi connectivity index (χ4n) is 2.69. The van der Waals surface area contributed by atoms with E-state index in [9.17, 15) is 9.18 Å². The summed E-state index contributed by atoms with van der Waals surface area (Å²) in [7, 11) is 0. The number of alkyl carbamates (subject to hydrolysis) is 1. The molecule has 2 rings (SSSR count). The topological polar surface area (TPSA) is 44.8 Å². The Balaban J connectivity index is 1.63. The normalized spacial score (nSPS) is 16.8. The zero-order chi connectivity index (χ0) is 17.6. The number of nitrogens with zero attached hydrogens (tertiary/aromatic N) is 2. The van der Waals surface area contributed by atoms with Crippen LogP contribution in [0.15, 0.2) is 24.3 Å². The predicted octanol–water partition coefficient (Wildman–Crippen LogP) is 2.47. The van der Waals surface area contributed by atoms with Crippen molar-refractivity contribution in [2.45, 2.75) is 32.9 Å². The Labute approximate surface area is 143 Å². The Morgan fingerprint density at radius 1 is 1.21 bits per heavy atom. The van der Waals surface area contributed by atoms with Gasteiger partial charge in [-0.15, -0.1) is 0 Å². The van der Waals surface area contributed by atoms with Crippen LogP contribution in [0.3, 0.4) is 0 Å². The Hall–Kier alpha value is -1.66. The molecule has 0 radical (unpaired) electrons. The van der Waals surface area contributed by atoms with Crippen LogP contribution in [0.25, 0.3) is 0 Å². The second-order valence-electron chi connectivity index (χ2n) is 7.18. The van der Waals surface area contributed by atoms with Crippen LogP contribution in [0.2, 0.25) is 0 Å². The van der Waals surface area contributed by atoms with Crippen molar-refractivity contribution in [2.75, 3.05) is 39.3 Å². The van der Waals surface area contributed by atoms with Crippen LogP contribution >= 0.6 is 0 Å². The molecule has 0 saturated carbocycles. The molecule has 0 unspecified atom stereocenters. The average Bonchev–Trinajstić information content (AvgIpc) is 2.47. The number of piperazine rings is 1. The van der Waals surface area contributed by atoms with Gasteiger partial charge in [0.25, 0.3) is 0 Å². The number of hydrogen-bond donors (Lipinski definition) is 1. The number of amides is 1. The number of halogens is 1. The summed E-state index contributed by atoms with van der Waals surface area (Å²) in [5, 5.41) is 2.79. The van der Waals surface area contributed by atoms with Gasteiger partial charge in [0.05, 0.1) is 0 Å². The van der Waals surface area contributed by atoms with Gasteiger partial charge < -0.3 is 10.1 Å². The fourth-order valence-corrected chi connectivity index (χ4v) is 2.69. The highest BCUT2D eigenvalue weighted by atomic mass is 19.1. The molecule has 0 bridgehead atoms. The lowest BCUT2D eigenvalue weighted by Crippen LogP contribution is -2.48. The highest BCUT2D eigenvalue weighted by molar-refractivity contribution is 5.67. The lowest BCUT2D eigenvalue weighted by molar-refractivity contribution is 0.0515. The van der Waals surface area contributed by atoms with Gasteiger partial charge in [-0.25, -0.2) is 9.18 Å². The third-order valence-corrected chi connectivity index (χ3v) is 3.86. The monoisotopic (exact) mass is 337 g/mol. The summed E-state index contributed by atoms with van der Waals surface area (Å²) in [5.41, 5.74) is 0.544. The van der Waals surface area contributed by atoms with Crippen LogP contribution in [0.4, 0.5) is 9.18 Å². The molecular weight excluding hydrogens is 309 g/mol. The number of hydrogen-bond acceptors (Lipinski definition) is 4. The van der Waals surface area contributed by atoms with Gasteiger partial charge in [0, 0.05) is 45.8 Å². The van der Waals surface area contributed by atoms with E-state index in [1.807, 2.05) is 26.8 Å². The molecule has 0 atom stereocenters. The van der Waals surface area contributed by atoms with E-state index in [0.717, 1.165) is 44.8 Å². The third-order valence-electron chi connectivity index (χ3n) is 3.86. The summed E-state index contributed by atoms with van der Waals surface area (Å²) in [6.45, 7) is 11.5. The molecule has 1 amide bonds. The lowest BCUT2D eigenvalue weighted by atomic mass is 10.2. The first-order valence-electron chi connectivity index (χ1n) is 8.48. The largest absolute Gasteiger partial charge is 0.444 e. The second-order valence-corrected chi connectivity index (χ2v) is 7.18. The van der Waals surface area contributed by atoms with E-state index in [4.69, 9.17) is 4.74 Å². The van der Waals surface area contributed by atoms with Crippen molar-refractivity contribution in [1.29, 1.82) is 0 Å². The van der Waals surface area contributed by atoms with Crippen LogP contribution in [-0.2, 0) is 11.3 Å². The summed E-state index contributed by atoms with van der Waals surface area (Å²) >= 11 is 0. The first-order valence-corrected chi connectivity index (χ1v) is 8.48. The molecule has 24 heavy (non-hydrogen) atoms. The zero-order valence-corrected chi connectivity index (χ0v) is 14.8. The van der Waals surface area contributed by atoms with Crippen LogP contribution in [0, 0.1) is 5.82 Å². The average molecular weight is 337 g/mol. The third kappa shape index (κ3) is 6.84. The highest BCUT2D eigenvalue weighted by Crippen LogP contribution is 2.10. The van der Waals surface area contributed by atoms with Gasteiger partial charge in [0.2, 0.25) is 0 Å². The lowest BCUT2D eigenvalue weighted by Gasteiger charge is -2.34. The van der Waals surface area contributed by atoms with Crippen LogP contribution in [-0.4, -0.2) is 60.8 Å². The second kappa shape index (κ2) is 8.44. The maximum atomic E-state index is 13.2. The molecule has 1 aromatic rings. The van der Waals surface area contributed by atoms with Crippen molar-refractivity contribution in [2.24, 2.45) is 0 Å². The van der Waals surface area contributed by atoms with Crippen molar-refractivity contribution in [1.82, 2.24) is 15.1 Å². The molecule has 1 aliphatic rings.